The van der Waals surface area contributed by atoms with E-state index in [1.54, 1.807) is 18.2 Å². The van der Waals surface area contributed by atoms with Crippen molar-refractivity contribution in [3.05, 3.63) is 58.3 Å². The second kappa shape index (κ2) is 6.72. The summed E-state index contributed by atoms with van der Waals surface area (Å²) in [7, 11) is 1.98. The van der Waals surface area contributed by atoms with Gasteiger partial charge in [-0.2, -0.15) is 0 Å². The lowest BCUT2D eigenvalue weighted by molar-refractivity contribution is 0.102. The summed E-state index contributed by atoms with van der Waals surface area (Å²) in [5, 5.41) is 2.57. The Morgan fingerprint density at radius 3 is 2.48 bits per heavy atom. The molecule has 0 aliphatic rings. The molecule has 0 unspecified atom stereocenters. The van der Waals surface area contributed by atoms with Crippen molar-refractivity contribution in [3.63, 3.8) is 0 Å². The Labute approximate surface area is 131 Å². The first kappa shape index (κ1) is 15.5. The minimum Gasteiger partial charge on any atom is -0.375 e. The maximum Gasteiger partial charge on any atom is 0.255 e. The first-order chi connectivity index (χ1) is 10.0. The Hall–Kier alpha value is -1.88. The molecule has 0 bridgehead atoms. The van der Waals surface area contributed by atoms with Gasteiger partial charge in [0, 0.05) is 29.3 Å². The zero-order valence-electron chi connectivity index (χ0n) is 11.9. The van der Waals surface area contributed by atoms with Gasteiger partial charge < -0.3 is 10.2 Å². The molecule has 3 nitrogen and oxygen atoms in total. The van der Waals surface area contributed by atoms with Gasteiger partial charge in [0.25, 0.3) is 5.91 Å². The summed E-state index contributed by atoms with van der Waals surface area (Å²) < 4.78 is 14.3. The highest BCUT2D eigenvalue weighted by molar-refractivity contribution is 9.10. The van der Waals surface area contributed by atoms with Crippen LogP contribution in [-0.2, 0) is 0 Å². The Bertz CT molecular complexity index is 643. The zero-order valence-corrected chi connectivity index (χ0v) is 13.4. The minimum atomic E-state index is -0.472. The smallest absolute Gasteiger partial charge is 0.255 e. The van der Waals surface area contributed by atoms with E-state index < -0.39 is 5.82 Å². The van der Waals surface area contributed by atoms with Crippen LogP contribution in [0, 0.1) is 5.82 Å². The quantitative estimate of drug-likeness (QED) is 0.891. The summed E-state index contributed by atoms with van der Waals surface area (Å²) in [5.74, 6) is -0.804. The number of carbonyl (C=O) groups excluding carboxylic acids is 1. The molecule has 0 atom stereocenters. The van der Waals surface area contributed by atoms with Crippen molar-refractivity contribution in [2.24, 2.45) is 0 Å². The van der Waals surface area contributed by atoms with Gasteiger partial charge in [-0.1, -0.05) is 15.9 Å². The Morgan fingerprint density at radius 2 is 1.90 bits per heavy atom. The molecule has 0 saturated heterocycles. The molecule has 5 heteroatoms. The fourth-order valence-electron chi connectivity index (χ4n) is 1.84. The van der Waals surface area contributed by atoms with E-state index in [-0.39, 0.29) is 11.6 Å². The van der Waals surface area contributed by atoms with Crippen LogP contribution >= 0.6 is 15.9 Å². The second-order valence-corrected chi connectivity index (χ2v) is 5.56. The van der Waals surface area contributed by atoms with Crippen molar-refractivity contribution in [1.82, 2.24) is 0 Å². The molecule has 0 aromatic heterocycles. The second-order valence-electron chi connectivity index (χ2n) is 4.64. The molecule has 1 amide bonds. The van der Waals surface area contributed by atoms with Crippen LogP contribution in [-0.4, -0.2) is 19.5 Å². The summed E-state index contributed by atoms with van der Waals surface area (Å²) >= 11 is 3.18. The highest BCUT2D eigenvalue weighted by Gasteiger charge is 2.10. The number of benzene rings is 2. The van der Waals surface area contributed by atoms with E-state index in [2.05, 4.69) is 33.1 Å². The molecule has 1 N–H and O–H groups in total. The van der Waals surface area contributed by atoms with Crippen molar-refractivity contribution in [3.8, 4) is 0 Å². The van der Waals surface area contributed by atoms with Crippen molar-refractivity contribution in [1.29, 1.82) is 0 Å². The van der Waals surface area contributed by atoms with Gasteiger partial charge >= 0.3 is 0 Å². The molecule has 2 aromatic carbocycles. The molecule has 0 aliphatic carbocycles. The third-order valence-electron chi connectivity index (χ3n) is 3.22. The van der Waals surface area contributed by atoms with Crippen LogP contribution in [0.2, 0.25) is 0 Å². The van der Waals surface area contributed by atoms with Gasteiger partial charge in [0.05, 0.1) is 5.69 Å². The summed E-state index contributed by atoms with van der Waals surface area (Å²) in [4.78, 5) is 14.2. The van der Waals surface area contributed by atoms with E-state index in [1.165, 1.54) is 12.1 Å². The van der Waals surface area contributed by atoms with Gasteiger partial charge in [0.2, 0.25) is 0 Å². The zero-order chi connectivity index (χ0) is 15.4. The van der Waals surface area contributed by atoms with E-state index in [1.807, 2.05) is 19.2 Å². The third kappa shape index (κ3) is 3.82. The SMILES string of the molecule is CCN(C)c1ccc(C(=O)Nc2ccc(Br)cc2F)cc1. The molecule has 110 valence electrons. The topological polar surface area (TPSA) is 32.3 Å². The highest BCUT2D eigenvalue weighted by atomic mass is 79.9. The number of nitrogens with zero attached hydrogens (tertiary/aromatic N) is 1. The third-order valence-corrected chi connectivity index (χ3v) is 3.72. The van der Waals surface area contributed by atoms with Crippen LogP contribution < -0.4 is 10.2 Å². The van der Waals surface area contributed by atoms with Crippen LogP contribution in [0.4, 0.5) is 15.8 Å². The minimum absolute atomic E-state index is 0.165. The molecule has 0 fully saturated rings. The highest BCUT2D eigenvalue weighted by Crippen LogP contribution is 2.20. The number of anilines is 2. The maximum atomic E-state index is 13.7. The average molecular weight is 351 g/mol. The monoisotopic (exact) mass is 350 g/mol. The average Bonchev–Trinajstić information content (AvgIpc) is 2.49. The number of nitrogens with one attached hydrogen (secondary N) is 1. The van der Waals surface area contributed by atoms with Crippen LogP contribution in [0.1, 0.15) is 17.3 Å². The number of halogens is 2. The molecule has 0 heterocycles. The van der Waals surface area contributed by atoms with Gasteiger partial charge in [-0.3, -0.25) is 4.79 Å². The van der Waals surface area contributed by atoms with Crippen molar-refractivity contribution >= 4 is 33.2 Å². The maximum absolute atomic E-state index is 13.7. The number of hydrogen-bond donors (Lipinski definition) is 1. The first-order valence-corrected chi connectivity index (χ1v) is 7.38. The van der Waals surface area contributed by atoms with E-state index >= 15 is 0 Å². The number of hydrogen-bond acceptors (Lipinski definition) is 2. The first-order valence-electron chi connectivity index (χ1n) is 6.59. The predicted octanol–water partition coefficient (Wildman–Crippen LogP) is 4.30. The molecule has 0 spiro atoms. The van der Waals surface area contributed by atoms with E-state index in [0.29, 0.717) is 10.0 Å². The van der Waals surface area contributed by atoms with Gasteiger partial charge in [-0.25, -0.2) is 4.39 Å². The van der Waals surface area contributed by atoms with E-state index in [9.17, 15) is 9.18 Å². The molecule has 21 heavy (non-hydrogen) atoms. The van der Waals surface area contributed by atoms with Crippen molar-refractivity contribution in [2.75, 3.05) is 23.8 Å². The Kier molecular flexibility index (Phi) is 4.96. The van der Waals surface area contributed by atoms with Gasteiger partial charge in [0.1, 0.15) is 5.82 Å². The molecule has 0 saturated carbocycles. The number of amides is 1. The van der Waals surface area contributed by atoms with Gasteiger partial charge in [0.15, 0.2) is 0 Å². The number of carbonyl (C=O) groups is 1. The van der Waals surface area contributed by atoms with Crippen LogP contribution in [0.25, 0.3) is 0 Å². The standard InChI is InChI=1S/C16H16BrFN2O/c1-3-20(2)13-7-4-11(5-8-13)16(21)19-15-9-6-12(17)10-14(15)18/h4-10H,3H2,1-2H3,(H,19,21). The van der Waals surface area contributed by atoms with Crippen LogP contribution in [0.15, 0.2) is 46.9 Å². The molecule has 0 radical (unpaired) electrons. The summed E-state index contributed by atoms with van der Waals surface area (Å²) in [6.07, 6.45) is 0. The molecular weight excluding hydrogens is 335 g/mol. The Morgan fingerprint density at radius 1 is 1.24 bits per heavy atom. The molecule has 0 aliphatic heterocycles. The van der Waals surface area contributed by atoms with Crippen molar-refractivity contribution < 1.29 is 9.18 Å². The fraction of sp³-hybridized carbons (Fsp3) is 0.188. The number of rotatable bonds is 4. The summed E-state index contributed by atoms with van der Waals surface area (Å²) in [6, 6.07) is 11.7. The summed E-state index contributed by atoms with van der Waals surface area (Å²) in [6.45, 7) is 2.94. The summed E-state index contributed by atoms with van der Waals surface area (Å²) in [5.41, 5.74) is 1.69. The predicted molar refractivity (Wildman–Crippen MR) is 87.4 cm³/mol. The molecular formula is C16H16BrFN2O. The van der Waals surface area contributed by atoms with Gasteiger partial charge in [-0.05, 0) is 49.4 Å². The lowest BCUT2D eigenvalue weighted by atomic mass is 10.1. The van der Waals surface area contributed by atoms with Gasteiger partial charge in [-0.15, -0.1) is 0 Å². The Balaban J connectivity index is 2.13. The van der Waals surface area contributed by atoms with E-state index in [0.717, 1.165) is 12.2 Å². The van der Waals surface area contributed by atoms with Crippen LogP contribution in [0.3, 0.4) is 0 Å². The fourth-order valence-corrected chi connectivity index (χ4v) is 2.17. The largest absolute Gasteiger partial charge is 0.375 e. The molecule has 2 aromatic rings. The lowest BCUT2D eigenvalue weighted by Gasteiger charge is -2.16. The molecule has 2 rings (SSSR count). The lowest BCUT2D eigenvalue weighted by Crippen LogP contribution is -2.16. The van der Waals surface area contributed by atoms with Crippen molar-refractivity contribution in [2.45, 2.75) is 6.92 Å². The van der Waals surface area contributed by atoms with Crippen LogP contribution in [0.5, 0.6) is 0 Å². The van der Waals surface area contributed by atoms with E-state index in [4.69, 9.17) is 0 Å². The normalized spacial score (nSPS) is 10.3.